The molecular formula is C17H18O5. The van der Waals surface area contributed by atoms with Gasteiger partial charge in [0.15, 0.2) is 5.76 Å². The molecule has 0 amide bonds. The van der Waals surface area contributed by atoms with E-state index in [4.69, 9.17) is 14.2 Å². The van der Waals surface area contributed by atoms with Crippen molar-refractivity contribution in [2.45, 2.75) is 18.8 Å². The van der Waals surface area contributed by atoms with Crippen LogP contribution in [-0.4, -0.2) is 32.6 Å². The van der Waals surface area contributed by atoms with E-state index in [9.17, 15) is 9.59 Å². The highest BCUT2D eigenvalue weighted by Crippen LogP contribution is 2.46. The second kappa shape index (κ2) is 5.83. The molecule has 116 valence electrons. The molecule has 0 fully saturated rings. The summed E-state index contributed by atoms with van der Waals surface area (Å²) in [5, 5.41) is 0. The number of allylic oxidation sites excluding steroid dienone is 2. The van der Waals surface area contributed by atoms with E-state index >= 15 is 0 Å². The highest BCUT2D eigenvalue weighted by Gasteiger charge is 2.49. The third kappa shape index (κ3) is 2.26. The predicted octanol–water partition coefficient (Wildman–Crippen LogP) is 2.22. The van der Waals surface area contributed by atoms with Crippen molar-refractivity contribution in [3.63, 3.8) is 0 Å². The van der Waals surface area contributed by atoms with Crippen molar-refractivity contribution >= 4 is 11.8 Å². The van der Waals surface area contributed by atoms with Gasteiger partial charge in [-0.2, -0.15) is 0 Å². The van der Waals surface area contributed by atoms with Gasteiger partial charge in [-0.25, -0.2) is 0 Å². The zero-order valence-electron chi connectivity index (χ0n) is 12.6. The lowest BCUT2D eigenvalue weighted by Gasteiger charge is -2.21. The average Bonchev–Trinajstić information content (AvgIpc) is 2.87. The first-order chi connectivity index (χ1) is 10.7. The summed E-state index contributed by atoms with van der Waals surface area (Å²) in [6.07, 6.45) is 1.62. The molecule has 2 atom stereocenters. The molecule has 0 radical (unpaired) electrons. The number of hydrogen-bond acceptors (Lipinski definition) is 5. The Morgan fingerprint density at radius 3 is 2.59 bits per heavy atom. The van der Waals surface area contributed by atoms with E-state index in [1.165, 1.54) is 7.11 Å². The number of hydrogen-bond donors (Lipinski definition) is 0. The molecule has 1 aromatic rings. The lowest BCUT2D eigenvalue weighted by molar-refractivity contribution is -0.149. The molecule has 0 unspecified atom stereocenters. The minimum Gasteiger partial charge on any atom is -0.497 e. The summed E-state index contributed by atoms with van der Waals surface area (Å²) in [6, 6.07) is 7.43. The largest absolute Gasteiger partial charge is 0.497 e. The van der Waals surface area contributed by atoms with Gasteiger partial charge in [0.1, 0.15) is 11.7 Å². The molecular weight excluding hydrogens is 284 g/mol. The zero-order valence-corrected chi connectivity index (χ0v) is 12.6. The summed E-state index contributed by atoms with van der Waals surface area (Å²) in [5.74, 6) is -0.826. The molecule has 5 heteroatoms. The number of ketones is 1. The van der Waals surface area contributed by atoms with Crippen LogP contribution in [0, 0.1) is 5.92 Å². The molecule has 0 N–H and O–H groups in total. The maximum absolute atomic E-state index is 12.5. The molecule has 2 aliphatic rings. The van der Waals surface area contributed by atoms with Crippen LogP contribution in [0.2, 0.25) is 0 Å². The maximum Gasteiger partial charge on any atom is 0.317 e. The number of ether oxygens (including phenoxy) is 3. The molecule has 1 aromatic carbocycles. The van der Waals surface area contributed by atoms with E-state index in [0.717, 1.165) is 29.7 Å². The van der Waals surface area contributed by atoms with Gasteiger partial charge in [0, 0.05) is 5.92 Å². The number of benzene rings is 1. The number of rotatable bonds is 3. The van der Waals surface area contributed by atoms with Gasteiger partial charge in [0.2, 0.25) is 5.78 Å². The van der Waals surface area contributed by atoms with Crippen LogP contribution in [-0.2, 0) is 19.1 Å². The molecule has 1 aliphatic heterocycles. The number of esters is 1. The highest BCUT2D eigenvalue weighted by atomic mass is 16.5. The van der Waals surface area contributed by atoms with Crippen molar-refractivity contribution < 1.29 is 23.8 Å². The van der Waals surface area contributed by atoms with E-state index < -0.39 is 11.9 Å². The Bertz CT molecular complexity index is 629. The van der Waals surface area contributed by atoms with Crippen molar-refractivity contribution in [1.82, 2.24) is 0 Å². The van der Waals surface area contributed by atoms with Crippen LogP contribution in [0.25, 0.3) is 0 Å². The number of carbonyl (C=O) groups excluding carboxylic acids is 2. The third-order valence-electron chi connectivity index (χ3n) is 4.27. The standard InChI is InChI=1S/C17H18O5/c1-20-11-7-5-10(6-8-11)13-12-4-3-9-22-16(12)15(18)14(13)17(19)21-2/h5-8,13-14H,3-4,9H2,1-2H3/t13-,14+/m1/s1. The van der Waals surface area contributed by atoms with Gasteiger partial charge in [-0.3, -0.25) is 9.59 Å². The summed E-state index contributed by atoms with van der Waals surface area (Å²) in [4.78, 5) is 24.7. The first-order valence-electron chi connectivity index (χ1n) is 7.29. The summed E-state index contributed by atoms with van der Waals surface area (Å²) in [6.45, 7) is 0.522. The van der Waals surface area contributed by atoms with E-state index in [2.05, 4.69) is 0 Å². The summed E-state index contributed by atoms with van der Waals surface area (Å²) in [7, 11) is 2.90. The van der Waals surface area contributed by atoms with Crippen molar-refractivity contribution in [1.29, 1.82) is 0 Å². The monoisotopic (exact) mass is 302 g/mol. The van der Waals surface area contributed by atoms with Gasteiger partial charge in [-0.15, -0.1) is 0 Å². The van der Waals surface area contributed by atoms with Crippen LogP contribution in [0.1, 0.15) is 24.3 Å². The van der Waals surface area contributed by atoms with Crippen LogP contribution >= 0.6 is 0 Å². The molecule has 0 spiro atoms. The molecule has 5 nitrogen and oxygen atoms in total. The Balaban J connectivity index is 2.04. The number of methoxy groups -OCH3 is 2. The van der Waals surface area contributed by atoms with Gasteiger partial charge in [-0.1, -0.05) is 12.1 Å². The second-order valence-electron chi connectivity index (χ2n) is 5.42. The van der Waals surface area contributed by atoms with Crippen molar-refractivity contribution in [3.8, 4) is 5.75 Å². The Morgan fingerprint density at radius 1 is 1.23 bits per heavy atom. The van der Waals surface area contributed by atoms with Gasteiger partial charge in [0.05, 0.1) is 20.8 Å². The molecule has 1 heterocycles. The minimum atomic E-state index is -0.846. The Labute approximate surface area is 128 Å². The molecule has 0 saturated carbocycles. The lowest BCUT2D eigenvalue weighted by atomic mass is 9.83. The number of carbonyl (C=O) groups is 2. The van der Waals surface area contributed by atoms with Crippen LogP contribution in [0.3, 0.4) is 0 Å². The fourth-order valence-electron chi connectivity index (χ4n) is 3.24. The van der Waals surface area contributed by atoms with Gasteiger partial charge >= 0.3 is 5.97 Å². The Morgan fingerprint density at radius 2 is 1.95 bits per heavy atom. The van der Waals surface area contributed by atoms with E-state index in [-0.39, 0.29) is 11.7 Å². The van der Waals surface area contributed by atoms with Crippen LogP contribution in [0.5, 0.6) is 5.75 Å². The average molecular weight is 302 g/mol. The molecule has 22 heavy (non-hydrogen) atoms. The van der Waals surface area contributed by atoms with E-state index in [1.54, 1.807) is 7.11 Å². The topological polar surface area (TPSA) is 61.8 Å². The molecule has 0 saturated heterocycles. The maximum atomic E-state index is 12.5. The van der Waals surface area contributed by atoms with E-state index in [1.807, 2.05) is 24.3 Å². The summed E-state index contributed by atoms with van der Waals surface area (Å²) >= 11 is 0. The van der Waals surface area contributed by atoms with Gasteiger partial charge < -0.3 is 14.2 Å². The first-order valence-corrected chi connectivity index (χ1v) is 7.29. The van der Waals surface area contributed by atoms with Crippen LogP contribution < -0.4 is 4.74 Å². The van der Waals surface area contributed by atoms with Crippen LogP contribution in [0.4, 0.5) is 0 Å². The molecule has 1 aliphatic carbocycles. The smallest absolute Gasteiger partial charge is 0.317 e. The first kappa shape index (κ1) is 14.6. The van der Waals surface area contributed by atoms with Gasteiger partial charge in [0.25, 0.3) is 0 Å². The quantitative estimate of drug-likeness (QED) is 0.633. The fourth-order valence-corrected chi connectivity index (χ4v) is 3.24. The lowest BCUT2D eigenvalue weighted by Crippen LogP contribution is -2.27. The fraction of sp³-hybridized carbons (Fsp3) is 0.412. The highest BCUT2D eigenvalue weighted by molar-refractivity contribution is 6.11. The van der Waals surface area contributed by atoms with Crippen molar-refractivity contribution in [3.05, 3.63) is 41.2 Å². The van der Waals surface area contributed by atoms with Gasteiger partial charge in [-0.05, 0) is 36.1 Å². The normalized spacial score (nSPS) is 23.8. The second-order valence-corrected chi connectivity index (χ2v) is 5.42. The summed E-state index contributed by atoms with van der Waals surface area (Å²) < 4.78 is 15.5. The molecule has 3 rings (SSSR count). The van der Waals surface area contributed by atoms with Crippen molar-refractivity contribution in [2.24, 2.45) is 5.92 Å². The van der Waals surface area contributed by atoms with Crippen molar-refractivity contribution in [2.75, 3.05) is 20.8 Å². The number of Topliss-reactive ketones (excluding diaryl/α,β-unsaturated/α-hetero) is 1. The summed E-state index contributed by atoms with van der Waals surface area (Å²) in [5.41, 5.74) is 1.82. The minimum absolute atomic E-state index is 0.262. The van der Waals surface area contributed by atoms with Crippen LogP contribution in [0.15, 0.2) is 35.6 Å². The third-order valence-corrected chi connectivity index (χ3v) is 4.27. The molecule has 0 aromatic heterocycles. The Kier molecular flexibility index (Phi) is 3.88. The molecule has 0 bridgehead atoms. The SMILES string of the molecule is COC(=O)[C@@H]1C(=O)C2=C(CCCO2)[C@H]1c1ccc(OC)cc1. The Hall–Kier alpha value is -2.30. The predicted molar refractivity (Wildman–Crippen MR) is 78.5 cm³/mol. The van der Waals surface area contributed by atoms with E-state index in [0.29, 0.717) is 12.4 Å². The zero-order chi connectivity index (χ0) is 15.7.